The third kappa shape index (κ3) is 3.63. The van der Waals surface area contributed by atoms with E-state index in [-0.39, 0.29) is 24.1 Å². The van der Waals surface area contributed by atoms with Gasteiger partial charge in [-0.2, -0.15) is 13.2 Å². The number of hydrogen-bond acceptors (Lipinski definition) is 9. The number of rotatable bonds is 4. The average molecular weight is 566 g/mol. The smallest absolute Gasteiger partial charge is 0.417 e. The number of aromatic hydroxyl groups is 1. The summed E-state index contributed by atoms with van der Waals surface area (Å²) in [6.07, 6.45) is -5.14. The molecule has 6 N–H and O–H groups in total. The second kappa shape index (κ2) is 9.05. The van der Waals surface area contributed by atoms with Crippen LogP contribution in [0, 0.1) is 11.8 Å². The Kier molecular flexibility index (Phi) is 6.36. The van der Waals surface area contributed by atoms with E-state index in [2.05, 4.69) is 0 Å². The van der Waals surface area contributed by atoms with Crippen LogP contribution in [-0.4, -0.2) is 86.5 Å². The molecule has 1 aromatic rings. The molecular formula is C27H30F3N3O7. The van der Waals surface area contributed by atoms with Gasteiger partial charge in [-0.25, -0.2) is 0 Å². The maximum Gasteiger partial charge on any atom is 0.417 e. The number of carbonyl (C=O) groups is 3. The highest BCUT2D eigenvalue weighted by molar-refractivity contribution is 6.24. The lowest BCUT2D eigenvalue weighted by atomic mass is 9.57. The van der Waals surface area contributed by atoms with Crippen LogP contribution in [0.1, 0.15) is 48.1 Å². The van der Waals surface area contributed by atoms with Crippen molar-refractivity contribution in [3.8, 4) is 5.75 Å². The van der Waals surface area contributed by atoms with Crippen LogP contribution in [-0.2, 0) is 27.0 Å². The number of carbonyl (C=O) groups excluding carboxylic acids is 3. The maximum absolute atomic E-state index is 14.6. The molecule has 1 heterocycles. The number of benzene rings is 1. The first-order valence-corrected chi connectivity index (χ1v) is 12.9. The molecule has 0 aromatic heterocycles. The molecule has 216 valence electrons. The number of fused-ring (bicyclic) bond motifs is 3. The van der Waals surface area contributed by atoms with Crippen molar-refractivity contribution in [1.29, 1.82) is 0 Å². The fraction of sp³-hybridized carbons (Fsp3) is 0.519. The van der Waals surface area contributed by atoms with Gasteiger partial charge in [0.1, 0.15) is 22.8 Å². The minimum absolute atomic E-state index is 0.143. The lowest BCUT2D eigenvalue weighted by molar-refractivity contribution is -0.154. The zero-order valence-electron chi connectivity index (χ0n) is 22.0. The van der Waals surface area contributed by atoms with Crippen molar-refractivity contribution in [3.05, 3.63) is 45.2 Å². The van der Waals surface area contributed by atoms with Crippen molar-refractivity contribution in [2.75, 3.05) is 27.2 Å². The van der Waals surface area contributed by atoms with E-state index in [0.29, 0.717) is 13.0 Å². The Balaban J connectivity index is 1.76. The summed E-state index contributed by atoms with van der Waals surface area (Å²) in [6, 6.07) is -0.975. The van der Waals surface area contributed by atoms with Crippen LogP contribution in [0.25, 0.3) is 5.76 Å². The number of hydrogen-bond donors (Lipinski definition) is 5. The Morgan fingerprint density at radius 3 is 2.40 bits per heavy atom. The summed E-state index contributed by atoms with van der Waals surface area (Å²) in [7, 11) is 3.15. The zero-order valence-corrected chi connectivity index (χ0v) is 22.0. The molecule has 1 saturated heterocycles. The van der Waals surface area contributed by atoms with Gasteiger partial charge < -0.3 is 26.2 Å². The topological polar surface area (TPSA) is 165 Å². The van der Waals surface area contributed by atoms with Gasteiger partial charge in [0.2, 0.25) is 5.78 Å². The first kappa shape index (κ1) is 28.1. The molecule has 4 aliphatic rings. The largest absolute Gasteiger partial charge is 0.508 e. The molecule has 2 fully saturated rings. The number of Topliss-reactive ketones (excluding diaryl/α,β-unsaturated/α-hetero) is 2. The van der Waals surface area contributed by atoms with E-state index in [4.69, 9.17) is 5.73 Å². The van der Waals surface area contributed by atoms with Crippen LogP contribution in [0.2, 0.25) is 0 Å². The number of halogens is 3. The molecule has 1 saturated carbocycles. The highest BCUT2D eigenvalue weighted by Crippen LogP contribution is 2.55. The fourth-order valence-electron chi connectivity index (χ4n) is 6.96. The minimum Gasteiger partial charge on any atom is -0.508 e. The number of likely N-dealkylation sites (tertiary alicyclic amines) is 1. The number of likely N-dealkylation sites (N-methyl/N-ethyl adjacent to an activating group) is 1. The van der Waals surface area contributed by atoms with Gasteiger partial charge in [-0.05, 0) is 63.0 Å². The number of nitrogens with two attached hydrogens (primary N) is 1. The predicted molar refractivity (Wildman–Crippen MR) is 134 cm³/mol. The molecule has 1 unspecified atom stereocenters. The van der Waals surface area contributed by atoms with E-state index < -0.39 is 99.1 Å². The van der Waals surface area contributed by atoms with E-state index in [9.17, 15) is 48.0 Å². The lowest BCUT2D eigenvalue weighted by Gasteiger charge is -2.50. The molecule has 13 heteroatoms. The van der Waals surface area contributed by atoms with E-state index in [1.165, 1.54) is 11.9 Å². The predicted octanol–water partition coefficient (Wildman–Crippen LogP) is 1.75. The molecule has 0 radical (unpaired) electrons. The second-order valence-electron chi connectivity index (χ2n) is 11.1. The minimum atomic E-state index is -4.86. The molecule has 1 amide bonds. The Morgan fingerprint density at radius 2 is 1.90 bits per heavy atom. The van der Waals surface area contributed by atoms with Gasteiger partial charge in [0.15, 0.2) is 11.4 Å². The molecule has 1 aliphatic heterocycles. The van der Waals surface area contributed by atoms with E-state index in [1.54, 1.807) is 18.9 Å². The second-order valence-corrected chi connectivity index (χ2v) is 11.1. The van der Waals surface area contributed by atoms with E-state index >= 15 is 0 Å². The summed E-state index contributed by atoms with van der Waals surface area (Å²) in [6.45, 7) is 2.46. The standard InChI is InChI=1S/C27H30F3N3O7/c1-4-32(2)20-13-8-10-7-12-17(15(34)9-11(14-5-6-33(14)3)19(12)27(28,29)30)21(35)16(10)23(37)26(13,40)24(38)18(22(20)36)25(31)39/h9-10,13-14,20,34-35,38,40H,4-8H2,1-3H3,(H2,31,39)/t10-,13-,14?,20-,26-/m0/s1. The molecule has 1 aromatic carbocycles. The molecule has 0 bridgehead atoms. The Hall–Kier alpha value is -3.42. The number of aliphatic hydroxyl groups excluding tert-OH is 2. The van der Waals surface area contributed by atoms with Crippen LogP contribution >= 0.6 is 0 Å². The summed E-state index contributed by atoms with van der Waals surface area (Å²) in [5.41, 5.74) is -1.10. The Morgan fingerprint density at radius 1 is 1.25 bits per heavy atom. The lowest BCUT2D eigenvalue weighted by Crippen LogP contribution is -2.66. The molecule has 5 atom stereocenters. The number of amides is 1. The van der Waals surface area contributed by atoms with Crippen molar-refractivity contribution in [2.24, 2.45) is 17.6 Å². The molecule has 0 spiro atoms. The van der Waals surface area contributed by atoms with Gasteiger partial charge >= 0.3 is 6.18 Å². The zero-order chi connectivity index (χ0) is 29.6. The maximum atomic E-state index is 14.6. The van der Waals surface area contributed by atoms with Crippen LogP contribution in [0.15, 0.2) is 23.0 Å². The van der Waals surface area contributed by atoms with Gasteiger partial charge in [0.25, 0.3) is 5.91 Å². The molecule has 5 rings (SSSR count). The summed E-state index contributed by atoms with van der Waals surface area (Å²) in [4.78, 5) is 42.5. The average Bonchev–Trinajstić information content (AvgIpc) is 2.83. The molecule has 40 heavy (non-hydrogen) atoms. The number of nitrogens with zero attached hydrogens (tertiary/aromatic N) is 2. The highest BCUT2D eigenvalue weighted by atomic mass is 19.4. The third-order valence-electron chi connectivity index (χ3n) is 9.10. The van der Waals surface area contributed by atoms with Crippen molar-refractivity contribution in [1.82, 2.24) is 9.80 Å². The summed E-state index contributed by atoms with van der Waals surface area (Å²) < 4.78 is 43.7. The first-order valence-electron chi connectivity index (χ1n) is 12.9. The van der Waals surface area contributed by atoms with Crippen molar-refractivity contribution >= 4 is 23.2 Å². The summed E-state index contributed by atoms with van der Waals surface area (Å²) in [5, 5.41) is 44.7. The van der Waals surface area contributed by atoms with Crippen LogP contribution in [0.3, 0.4) is 0 Å². The number of phenols is 1. The number of primary amides is 1. The van der Waals surface area contributed by atoms with Crippen molar-refractivity contribution in [3.63, 3.8) is 0 Å². The number of aliphatic hydroxyl groups is 3. The number of phenolic OH excluding ortho intramolecular Hbond substituents is 1. The monoisotopic (exact) mass is 565 g/mol. The quantitative estimate of drug-likeness (QED) is 0.342. The van der Waals surface area contributed by atoms with Crippen LogP contribution in [0.4, 0.5) is 13.2 Å². The number of ketones is 2. The third-order valence-corrected chi connectivity index (χ3v) is 9.10. The van der Waals surface area contributed by atoms with Gasteiger partial charge in [0, 0.05) is 24.1 Å². The molecule has 3 aliphatic carbocycles. The number of alkyl halides is 3. The van der Waals surface area contributed by atoms with Crippen molar-refractivity contribution in [2.45, 2.75) is 50.0 Å². The Labute approximate surface area is 227 Å². The van der Waals surface area contributed by atoms with Crippen LogP contribution < -0.4 is 5.73 Å². The van der Waals surface area contributed by atoms with Gasteiger partial charge in [-0.15, -0.1) is 0 Å². The van der Waals surface area contributed by atoms with Crippen LogP contribution in [0.5, 0.6) is 5.75 Å². The normalized spacial score (nSPS) is 30.7. The molecule has 10 nitrogen and oxygen atoms in total. The van der Waals surface area contributed by atoms with Gasteiger partial charge in [-0.1, -0.05) is 6.92 Å². The molecular weight excluding hydrogens is 535 g/mol. The van der Waals surface area contributed by atoms with Crippen molar-refractivity contribution < 1.29 is 48.0 Å². The Bertz CT molecular complexity index is 1420. The van der Waals surface area contributed by atoms with Gasteiger partial charge in [0.05, 0.1) is 17.2 Å². The first-order chi connectivity index (χ1) is 18.6. The SMILES string of the molecule is CCN(C)[C@@H]1C(=O)C(C(N)=O)=C(O)[C@@]2(O)C(=O)C3=C(O)c4c(O)cc(C5CCN5C)c(C(F)(F)F)c4C[C@H]3C[C@@H]12. The van der Waals surface area contributed by atoms with E-state index in [0.717, 1.165) is 6.07 Å². The fourth-order valence-corrected chi connectivity index (χ4v) is 6.96. The van der Waals surface area contributed by atoms with Gasteiger partial charge in [-0.3, -0.25) is 24.2 Å². The highest BCUT2D eigenvalue weighted by Gasteiger charge is 2.64. The van der Waals surface area contributed by atoms with E-state index in [1.807, 2.05) is 0 Å². The summed E-state index contributed by atoms with van der Waals surface area (Å²) >= 11 is 0. The summed E-state index contributed by atoms with van der Waals surface area (Å²) in [5.74, 6) is -8.90.